The van der Waals surface area contributed by atoms with Crippen molar-refractivity contribution in [2.45, 2.75) is 38.5 Å². The van der Waals surface area contributed by atoms with Crippen LogP contribution in [0.4, 0.5) is 0 Å². The first kappa shape index (κ1) is 8.88. The quantitative estimate of drug-likeness (QED) is 0.438. The van der Waals surface area contributed by atoms with Crippen molar-refractivity contribution in [2.24, 2.45) is 0 Å². The second-order valence-corrected chi connectivity index (χ2v) is 2.34. The Morgan fingerprint density at radius 3 is 2.00 bits per heavy atom. The van der Waals surface area contributed by atoms with Crippen LogP contribution in [0.3, 0.4) is 0 Å². The van der Waals surface area contributed by atoms with Gasteiger partial charge in [0.15, 0.2) is 0 Å². The molecule has 5 N–H and O–H groups in total. The van der Waals surface area contributed by atoms with E-state index in [1.165, 1.54) is 0 Å². The first-order valence-electron chi connectivity index (χ1n) is 3.32. The van der Waals surface area contributed by atoms with Crippen LogP contribution in [0.2, 0.25) is 0 Å². The Morgan fingerprint density at radius 2 is 1.89 bits per heavy atom. The van der Waals surface area contributed by atoms with Gasteiger partial charge in [0.25, 0.3) is 0 Å². The Labute approximate surface area is 55.5 Å². The second kappa shape index (κ2) is 3.15. The lowest BCUT2D eigenvalue weighted by molar-refractivity contribution is -0.482. The number of aliphatic hydroxyl groups is 2. The molecule has 1 unspecified atom stereocenters. The van der Waals surface area contributed by atoms with Gasteiger partial charge < -0.3 is 15.9 Å². The summed E-state index contributed by atoms with van der Waals surface area (Å²) in [6.45, 7) is 3.61. The second-order valence-electron chi connectivity index (χ2n) is 2.34. The molecule has 0 bridgehead atoms. The highest BCUT2D eigenvalue weighted by Crippen LogP contribution is 2.09. The van der Waals surface area contributed by atoms with Crippen molar-refractivity contribution in [1.29, 1.82) is 0 Å². The van der Waals surface area contributed by atoms with Crippen molar-refractivity contribution in [2.75, 3.05) is 0 Å². The largest absolute Gasteiger partial charge is 0.361 e. The molecule has 1 atom stereocenters. The molecule has 0 aromatic heterocycles. The summed E-state index contributed by atoms with van der Waals surface area (Å²) in [5.74, 6) is -1.56. The number of rotatable bonds is 3. The minimum atomic E-state index is -1.56. The average Bonchev–Trinajstić information content (AvgIpc) is 1.86. The van der Waals surface area contributed by atoms with Gasteiger partial charge in [-0.25, -0.2) is 0 Å². The van der Waals surface area contributed by atoms with Crippen LogP contribution in [-0.4, -0.2) is 22.0 Å². The van der Waals surface area contributed by atoms with Crippen molar-refractivity contribution < 1.29 is 15.9 Å². The van der Waals surface area contributed by atoms with Crippen LogP contribution in [0.15, 0.2) is 0 Å². The molecule has 0 saturated heterocycles. The number of hydrogen-bond acceptors (Lipinski definition) is 2. The van der Waals surface area contributed by atoms with E-state index in [2.05, 4.69) is 5.73 Å². The predicted octanol–water partition coefficient (Wildman–Crippen LogP) is -0.902. The lowest BCUT2D eigenvalue weighted by Gasteiger charge is -2.22. The first-order valence-corrected chi connectivity index (χ1v) is 3.32. The Kier molecular flexibility index (Phi) is 3.11. The maximum absolute atomic E-state index is 9.08. The summed E-state index contributed by atoms with van der Waals surface area (Å²) in [7, 11) is 0. The standard InChI is InChI=1S/C6H15NO2/c1-3-5(7)6(8,9)4-2/h5,8-9H,3-4,7H2,1-2H3/p+1. The minimum absolute atomic E-state index is 0.275. The summed E-state index contributed by atoms with van der Waals surface area (Å²) in [5, 5.41) is 18.2. The number of quaternary nitrogens is 1. The van der Waals surface area contributed by atoms with E-state index in [0.29, 0.717) is 12.8 Å². The van der Waals surface area contributed by atoms with E-state index in [-0.39, 0.29) is 6.04 Å². The smallest absolute Gasteiger partial charge is 0.216 e. The summed E-state index contributed by atoms with van der Waals surface area (Å²) in [5.41, 5.74) is 3.60. The fraction of sp³-hybridized carbons (Fsp3) is 1.00. The summed E-state index contributed by atoms with van der Waals surface area (Å²) in [6, 6.07) is -0.275. The lowest BCUT2D eigenvalue weighted by atomic mass is 10.0. The summed E-state index contributed by atoms with van der Waals surface area (Å²) in [4.78, 5) is 0. The van der Waals surface area contributed by atoms with E-state index in [1.54, 1.807) is 6.92 Å². The van der Waals surface area contributed by atoms with Gasteiger partial charge >= 0.3 is 0 Å². The highest BCUT2D eigenvalue weighted by Gasteiger charge is 2.30. The molecular formula is C6H16NO2+. The van der Waals surface area contributed by atoms with E-state index in [0.717, 1.165) is 0 Å². The molecule has 0 aliphatic carbocycles. The van der Waals surface area contributed by atoms with Gasteiger partial charge in [-0.2, -0.15) is 0 Å². The van der Waals surface area contributed by atoms with Crippen LogP contribution in [0.5, 0.6) is 0 Å². The van der Waals surface area contributed by atoms with Gasteiger partial charge in [0.2, 0.25) is 5.79 Å². The molecule has 0 aromatic rings. The van der Waals surface area contributed by atoms with Gasteiger partial charge in [0.05, 0.1) is 0 Å². The molecule has 9 heavy (non-hydrogen) atoms. The third-order valence-electron chi connectivity index (χ3n) is 1.67. The molecule has 3 nitrogen and oxygen atoms in total. The fourth-order valence-corrected chi connectivity index (χ4v) is 0.616. The molecule has 0 radical (unpaired) electrons. The molecule has 0 heterocycles. The lowest BCUT2D eigenvalue weighted by Crippen LogP contribution is -2.71. The van der Waals surface area contributed by atoms with Crippen molar-refractivity contribution >= 4 is 0 Å². The Bertz CT molecular complexity index is 83.1. The maximum Gasteiger partial charge on any atom is 0.216 e. The van der Waals surface area contributed by atoms with Crippen LogP contribution in [0, 0.1) is 0 Å². The van der Waals surface area contributed by atoms with E-state index in [9.17, 15) is 0 Å². The van der Waals surface area contributed by atoms with E-state index < -0.39 is 5.79 Å². The Balaban J connectivity index is 3.80. The van der Waals surface area contributed by atoms with E-state index in [4.69, 9.17) is 10.2 Å². The highest BCUT2D eigenvalue weighted by molar-refractivity contribution is 4.69. The maximum atomic E-state index is 9.08. The van der Waals surface area contributed by atoms with Crippen LogP contribution in [-0.2, 0) is 0 Å². The molecule has 0 fully saturated rings. The van der Waals surface area contributed by atoms with Crippen LogP contribution < -0.4 is 5.73 Å². The summed E-state index contributed by atoms with van der Waals surface area (Å²) in [6.07, 6.45) is 1.04. The van der Waals surface area contributed by atoms with Crippen LogP contribution in [0.1, 0.15) is 26.7 Å². The Morgan fingerprint density at radius 1 is 1.44 bits per heavy atom. The van der Waals surface area contributed by atoms with Gasteiger partial charge in [-0.3, -0.25) is 0 Å². The molecule has 0 aliphatic rings. The topological polar surface area (TPSA) is 68.1 Å². The molecule has 0 rings (SSSR count). The van der Waals surface area contributed by atoms with Gasteiger partial charge in [0, 0.05) is 12.8 Å². The van der Waals surface area contributed by atoms with Crippen molar-refractivity contribution in [3.05, 3.63) is 0 Å². The zero-order chi connectivity index (χ0) is 7.49. The van der Waals surface area contributed by atoms with Crippen LogP contribution >= 0.6 is 0 Å². The third-order valence-corrected chi connectivity index (χ3v) is 1.67. The zero-order valence-electron chi connectivity index (χ0n) is 6.09. The van der Waals surface area contributed by atoms with Crippen molar-refractivity contribution in [3.8, 4) is 0 Å². The monoisotopic (exact) mass is 134 g/mol. The Hall–Kier alpha value is -0.120. The van der Waals surface area contributed by atoms with Gasteiger partial charge in [-0.15, -0.1) is 0 Å². The normalized spacial score (nSPS) is 15.7. The molecule has 0 aliphatic heterocycles. The zero-order valence-corrected chi connectivity index (χ0v) is 6.09. The van der Waals surface area contributed by atoms with Crippen molar-refractivity contribution in [1.82, 2.24) is 0 Å². The van der Waals surface area contributed by atoms with Crippen molar-refractivity contribution in [3.63, 3.8) is 0 Å². The fourth-order valence-electron chi connectivity index (χ4n) is 0.616. The first-order chi connectivity index (χ1) is 4.04. The van der Waals surface area contributed by atoms with Gasteiger partial charge in [-0.1, -0.05) is 13.8 Å². The molecule has 0 saturated carbocycles. The van der Waals surface area contributed by atoms with Gasteiger partial charge in [-0.05, 0) is 0 Å². The third kappa shape index (κ3) is 2.30. The number of hydrogen-bond donors (Lipinski definition) is 3. The predicted molar refractivity (Wildman–Crippen MR) is 34.4 cm³/mol. The molecule has 3 heteroatoms. The molecule has 0 spiro atoms. The minimum Gasteiger partial charge on any atom is -0.361 e. The summed E-state index contributed by atoms with van der Waals surface area (Å²) < 4.78 is 0. The highest BCUT2D eigenvalue weighted by atomic mass is 16.5. The molecule has 56 valence electrons. The van der Waals surface area contributed by atoms with E-state index in [1.807, 2.05) is 6.92 Å². The van der Waals surface area contributed by atoms with Gasteiger partial charge in [0.1, 0.15) is 6.04 Å². The molecule has 0 amide bonds. The molecule has 0 aromatic carbocycles. The molecular weight excluding hydrogens is 118 g/mol. The SMILES string of the molecule is CCC([NH3+])C(O)(O)CC. The van der Waals surface area contributed by atoms with E-state index >= 15 is 0 Å². The van der Waals surface area contributed by atoms with Crippen LogP contribution in [0.25, 0.3) is 0 Å². The summed E-state index contributed by atoms with van der Waals surface area (Å²) >= 11 is 0. The average molecular weight is 134 g/mol.